The monoisotopic (exact) mass is 190 g/mol. The van der Waals surface area contributed by atoms with E-state index in [0.29, 0.717) is 11.7 Å². The van der Waals surface area contributed by atoms with Crippen LogP contribution in [0.2, 0.25) is 0 Å². The number of aliphatic imine (C=N–C) groups is 1. The van der Waals surface area contributed by atoms with Gasteiger partial charge in [0.2, 0.25) is 0 Å². The van der Waals surface area contributed by atoms with Gasteiger partial charge in [-0.3, -0.25) is 5.43 Å². The summed E-state index contributed by atoms with van der Waals surface area (Å²) in [4.78, 5) is 4.10. The Morgan fingerprint density at radius 2 is 2.00 bits per heavy atom. The van der Waals surface area contributed by atoms with Gasteiger partial charge in [0.05, 0.1) is 0 Å². The van der Waals surface area contributed by atoms with Crippen LogP contribution in [0.5, 0.6) is 5.75 Å². The Morgan fingerprint density at radius 1 is 1.36 bits per heavy atom. The fourth-order valence-corrected chi connectivity index (χ4v) is 1.13. The van der Waals surface area contributed by atoms with Crippen molar-refractivity contribution in [2.75, 3.05) is 0 Å². The number of hydrogen-bond donors (Lipinski definition) is 3. The number of rotatable bonds is 1. The molecule has 0 spiro atoms. The highest BCUT2D eigenvalue weighted by atomic mass is 16.3. The zero-order valence-corrected chi connectivity index (χ0v) is 7.44. The molecule has 0 saturated carbocycles. The Bertz CT molecular complexity index is 396. The molecule has 0 radical (unpaired) electrons. The summed E-state index contributed by atoms with van der Waals surface area (Å²) in [6.45, 7) is 3.63. The third-order valence-corrected chi connectivity index (χ3v) is 1.89. The average Bonchev–Trinajstić information content (AvgIpc) is 2.48. The molecular formula is C9H10N4O. The number of aromatic hydroxyl groups is 1. The molecule has 1 aliphatic heterocycles. The number of hydrogen-bond acceptors (Lipinski definition) is 5. The van der Waals surface area contributed by atoms with Gasteiger partial charge in [-0.25, -0.2) is 16.0 Å². The largest absolute Gasteiger partial charge is 0.508 e. The Kier molecular flexibility index (Phi) is 1.86. The van der Waals surface area contributed by atoms with Gasteiger partial charge >= 0.3 is 0 Å². The van der Waals surface area contributed by atoms with Crippen molar-refractivity contribution in [1.82, 2.24) is 10.5 Å². The van der Waals surface area contributed by atoms with Gasteiger partial charge in [0.15, 0.2) is 11.7 Å². The maximum Gasteiger partial charge on any atom is 0.159 e. The van der Waals surface area contributed by atoms with Gasteiger partial charge in [-0.15, -0.1) is 0 Å². The molecule has 72 valence electrons. The molecule has 0 fully saturated rings. The molecule has 14 heavy (non-hydrogen) atoms. The first-order chi connectivity index (χ1) is 6.66. The van der Waals surface area contributed by atoms with E-state index in [1.165, 1.54) is 5.12 Å². The number of nitrogens with two attached hydrogens (primary N) is 1. The van der Waals surface area contributed by atoms with Gasteiger partial charge in [-0.1, -0.05) is 6.58 Å². The number of benzene rings is 1. The summed E-state index contributed by atoms with van der Waals surface area (Å²) in [5, 5.41) is 10.3. The number of amidine groups is 1. The van der Waals surface area contributed by atoms with E-state index in [-0.39, 0.29) is 5.75 Å². The van der Waals surface area contributed by atoms with Gasteiger partial charge < -0.3 is 5.11 Å². The summed E-state index contributed by atoms with van der Waals surface area (Å²) < 4.78 is 0. The van der Waals surface area contributed by atoms with Crippen molar-refractivity contribution in [3.63, 3.8) is 0 Å². The lowest BCUT2D eigenvalue weighted by atomic mass is 10.2. The van der Waals surface area contributed by atoms with Gasteiger partial charge in [-0.2, -0.15) is 0 Å². The fourth-order valence-electron chi connectivity index (χ4n) is 1.13. The molecule has 1 aromatic carbocycles. The summed E-state index contributed by atoms with van der Waals surface area (Å²) in [7, 11) is 0. The minimum Gasteiger partial charge on any atom is -0.508 e. The van der Waals surface area contributed by atoms with E-state index in [9.17, 15) is 0 Å². The first-order valence-corrected chi connectivity index (χ1v) is 4.05. The molecule has 0 amide bonds. The van der Waals surface area contributed by atoms with Crippen molar-refractivity contribution in [2.24, 2.45) is 10.8 Å². The predicted octanol–water partition coefficient (Wildman–Crippen LogP) is 0.304. The van der Waals surface area contributed by atoms with Crippen molar-refractivity contribution < 1.29 is 5.11 Å². The van der Waals surface area contributed by atoms with E-state index in [1.807, 2.05) is 0 Å². The summed E-state index contributed by atoms with van der Waals surface area (Å²) >= 11 is 0. The van der Waals surface area contributed by atoms with Gasteiger partial charge in [0.1, 0.15) is 5.75 Å². The molecule has 0 bridgehead atoms. The van der Waals surface area contributed by atoms with Gasteiger partial charge in [-0.05, 0) is 24.3 Å². The number of phenolic OH excluding ortho intramolecular Hbond substituents is 1. The van der Waals surface area contributed by atoms with E-state index < -0.39 is 0 Å². The molecule has 5 nitrogen and oxygen atoms in total. The minimum absolute atomic E-state index is 0.218. The summed E-state index contributed by atoms with van der Waals surface area (Å²) in [5.41, 5.74) is 3.66. The Balaban J connectivity index is 2.29. The molecule has 1 aromatic rings. The zero-order chi connectivity index (χ0) is 10.1. The van der Waals surface area contributed by atoms with Gasteiger partial charge in [0, 0.05) is 5.56 Å². The van der Waals surface area contributed by atoms with Crippen LogP contribution in [0.15, 0.2) is 41.7 Å². The first kappa shape index (κ1) is 8.58. The molecule has 0 saturated heterocycles. The maximum absolute atomic E-state index is 9.09. The van der Waals surface area contributed by atoms with Crippen LogP contribution in [0.1, 0.15) is 5.56 Å². The number of nitrogens with zero attached hydrogens (tertiary/aromatic N) is 2. The van der Waals surface area contributed by atoms with E-state index in [0.717, 1.165) is 5.56 Å². The van der Waals surface area contributed by atoms with Crippen LogP contribution in [0.4, 0.5) is 0 Å². The normalized spacial score (nSPS) is 15.4. The highest BCUT2D eigenvalue weighted by Crippen LogP contribution is 2.13. The molecule has 0 aliphatic carbocycles. The van der Waals surface area contributed by atoms with Crippen molar-refractivity contribution >= 4 is 5.84 Å². The summed E-state index contributed by atoms with van der Waals surface area (Å²) in [6, 6.07) is 6.66. The van der Waals surface area contributed by atoms with Crippen molar-refractivity contribution in [3.8, 4) is 5.75 Å². The highest BCUT2D eigenvalue weighted by Gasteiger charge is 2.15. The van der Waals surface area contributed by atoms with Crippen LogP contribution in [0.25, 0.3) is 0 Å². The van der Waals surface area contributed by atoms with Crippen LogP contribution in [-0.4, -0.2) is 16.1 Å². The van der Waals surface area contributed by atoms with E-state index in [4.69, 9.17) is 10.9 Å². The SMILES string of the molecule is C=C1N=C(c2ccc(O)cc2)NN1N. The Morgan fingerprint density at radius 3 is 2.50 bits per heavy atom. The van der Waals surface area contributed by atoms with E-state index in [1.54, 1.807) is 24.3 Å². The number of nitrogens with one attached hydrogen (secondary N) is 1. The third kappa shape index (κ3) is 1.40. The topological polar surface area (TPSA) is 73.9 Å². The van der Waals surface area contributed by atoms with Gasteiger partial charge in [0.25, 0.3) is 0 Å². The Hall–Kier alpha value is -2.01. The Labute approximate surface area is 81.1 Å². The zero-order valence-electron chi connectivity index (χ0n) is 7.44. The second kappa shape index (κ2) is 3.04. The molecule has 1 aliphatic rings. The lowest BCUT2D eigenvalue weighted by Crippen LogP contribution is -2.40. The van der Waals surface area contributed by atoms with Crippen LogP contribution in [0.3, 0.4) is 0 Å². The maximum atomic E-state index is 9.09. The average molecular weight is 190 g/mol. The standard InChI is InChI=1S/C9H10N4O/c1-6-11-9(12-13(6)10)7-2-4-8(14)5-3-7/h2-5,14H,1,10H2,(H,11,12). The second-order valence-electron chi connectivity index (χ2n) is 2.91. The molecular weight excluding hydrogens is 180 g/mol. The van der Waals surface area contributed by atoms with Crippen LogP contribution in [0, 0.1) is 0 Å². The molecule has 0 unspecified atom stereocenters. The fraction of sp³-hybridized carbons (Fsp3) is 0. The molecule has 0 aromatic heterocycles. The minimum atomic E-state index is 0.218. The van der Waals surface area contributed by atoms with Crippen LogP contribution in [-0.2, 0) is 0 Å². The number of phenols is 1. The van der Waals surface area contributed by atoms with E-state index >= 15 is 0 Å². The summed E-state index contributed by atoms with van der Waals surface area (Å²) in [6.07, 6.45) is 0. The molecule has 0 atom stereocenters. The van der Waals surface area contributed by atoms with Crippen LogP contribution < -0.4 is 11.3 Å². The summed E-state index contributed by atoms with van der Waals surface area (Å²) in [5.74, 6) is 6.79. The highest BCUT2D eigenvalue weighted by molar-refractivity contribution is 6.00. The van der Waals surface area contributed by atoms with Crippen LogP contribution >= 0.6 is 0 Å². The quantitative estimate of drug-likeness (QED) is 0.557. The number of hydrazine groups is 2. The lowest BCUT2D eigenvalue weighted by molar-refractivity contribution is 0.335. The van der Waals surface area contributed by atoms with Crippen molar-refractivity contribution in [1.29, 1.82) is 0 Å². The first-order valence-electron chi connectivity index (χ1n) is 4.05. The third-order valence-electron chi connectivity index (χ3n) is 1.89. The molecule has 5 heteroatoms. The van der Waals surface area contributed by atoms with Crippen molar-refractivity contribution in [2.45, 2.75) is 0 Å². The molecule has 4 N–H and O–H groups in total. The second-order valence-corrected chi connectivity index (χ2v) is 2.91. The molecule has 2 rings (SSSR count). The van der Waals surface area contributed by atoms with Crippen molar-refractivity contribution in [3.05, 3.63) is 42.2 Å². The van der Waals surface area contributed by atoms with E-state index in [2.05, 4.69) is 17.0 Å². The predicted molar refractivity (Wildman–Crippen MR) is 52.9 cm³/mol. The lowest BCUT2D eigenvalue weighted by Gasteiger charge is -2.10. The molecule has 1 heterocycles. The smallest absolute Gasteiger partial charge is 0.159 e.